The van der Waals surface area contributed by atoms with E-state index in [2.05, 4.69) is 19.7 Å². The third kappa shape index (κ3) is 3.24. The number of aryl methyl sites for hydroxylation is 1. The lowest BCUT2D eigenvalue weighted by Gasteiger charge is -2.32. The number of amides is 1. The summed E-state index contributed by atoms with van der Waals surface area (Å²) in [5, 5.41) is 9.47. The first-order valence-electron chi connectivity index (χ1n) is 10.5. The second-order valence-electron chi connectivity index (χ2n) is 8.10. The van der Waals surface area contributed by atoms with Crippen LogP contribution in [0.4, 0.5) is 0 Å². The highest BCUT2D eigenvalue weighted by atomic mass is 16.2. The van der Waals surface area contributed by atoms with Crippen LogP contribution in [0.25, 0.3) is 10.9 Å². The molecule has 3 aromatic rings. The number of aromatic amines is 1. The Balaban J connectivity index is 1.42. The molecule has 1 atom stereocenters. The number of nitrogens with one attached hydrogen (secondary N) is 1. The standard InChI is InChI=1S/C22H25N5O2/c28-20-16-8-3-4-9-18(16)23-13-17(20)22(29)26-11-6-7-15(14-26)21-25-24-19-10-2-1-5-12-27(19)21/h3-4,8-9,13,15H,1-2,5-7,10-12,14H2,(H,23,28). The lowest BCUT2D eigenvalue weighted by molar-refractivity contribution is 0.0701. The largest absolute Gasteiger partial charge is 0.360 e. The number of nitrogens with zero attached hydrogens (tertiary/aromatic N) is 4. The van der Waals surface area contributed by atoms with Crippen LogP contribution >= 0.6 is 0 Å². The molecule has 2 aromatic heterocycles. The number of carbonyl (C=O) groups excluding carboxylic acids is 1. The molecule has 2 aliphatic heterocycles. The van der Waals surface area contributed by atoms with Crippen LogP contribution in [0, 0.1) is 0 Å². The lowest BCUT2D eigenvalue weighted by atomic mass is 9.96. The Bertz CT molecular complexity index is 1120. The maximum absolute atomic E-state index is 13.2. The van der Waals surface area contributed by atoms with Gasteiger partial charge in [-0.1, -0.05) is 18.6 Å². The molecule has 1 unspecified atom stereocenters. The molecule has 0 aliphatic carbocycles. The molecule has 4 heterocycles. The minimum absolute atomic E-state index is 0.173. The van der Waals surface area contributed by atoms with Crippen LogP contribution in [0.15, 0.2) is 35.3 Å². The monoisotopic (exact) mass is 391 g/mol. The van der Waals surface area contributed by atoms with E-state index in [-0.39, 0.29) is 22.8 Å². The number of pyridine rings is 1. The Kier molecular flexibility index (Phi) is 4.66. The van der Waals surface area contributed by atoms with Crippen LogP contribution in [0.5, 0.6) is 0 Å². The summed E-state index contributed by atoms with van der Waals surface area (Å²) in [5.74, 6) is 2.06. The highest BCUT2D eigenvalue weighted by Crippen LogP contribution is 2.28. The maximum atomic E-state index is 13.2. The van der Waals surface area contributed by atoms with E-state index in [0.29, 0.717) is 18.5 Å². The molecule has 7 heteroatoms. The van der Waals surface area contributed by atoms with Crippen molar-refractivity contribution < 1.29 is 4.79 Å². The normalized spacial score (nSPS) is 19.7. The van der Waals surface area contributed by atoms with Crippen LogP contribution in [-0.2, 0) is 13.0 Å². The van der Waals surface area contributed by atoms with Crippen LogP contribution in [-0.4, -0.2) is 43.6 Å². The maximum Gasteiger partial charge on any atom is 0.259 e. The molecule has 0 radical (unpaired) electrons. The fraction of sp³-hybridized carbons (Fsp3) is 0.455. The van der Waals surface area contributed by atoms with Gasteiger partial charge in [-0.25, -0.2) is 0 Å². The van der Waals surface area contributed by atoms with E-state index < -0.39 is 0 Å². The van der Waals surface area contributed by atoms with Crippen molar-refractivity contribution in [2.45, 2.75) is 51.0 Å². The first kappa shape index (κ1) is 18.1. The number of para-hydroxylation sites is 1. The van der Waals surface area contributed by atoms with Crippen molar-refractivity contribution in [1.29, 1.82) is 0 Å². The molecule has 1 N–H and O–H groups in total. The highest BCUT2D eigenvalue weighted by molar-refractivity contribution is 5.97. The molecular formula is C22H25N5O2. The minimum Gasteiger partial charge on any atom is -0.360 e. The Morgan fingerprint density at radius 2 is 1.97 bits per heavy atom. The SMILES string of the molecule is O=C(c1c[nH]c2ccccc2c1=O)N1CCCC(c2nnc3n2CCCCC3)C1. The molecule has 2 aliphatic rings. The zero-order valence-electron chi connectivity index (χ0n) is 16.4. The Morgan fingerprint density at radius 3 is 2.90 bits per heavy atom. The summed E-state index contributed by atoms with van der Waals surface area (Å²) < 4.78 is 2.27. The first-order valence-corrected chi connectivity index (χ1v) is 10.5. The number of benzene rings is 1. The van der Waals surface area contributed by atoms with E-state index in [4.69, 9.17) is 0 Å². The molecule has 0 saturated carbocycles. The second-order valence-corrected chi connectivity index (χ2v) is 8.10. The quantitative estimate of drug-likeness (QED) is 0.728. The molecular weight excluding hydrogens is 366 g/mol. The number of fused-ring (bicyclic) bond motifs is 2. The van der Waals surface area contributed by atoms with E-state index in [1.165, 1.54) is 6.42 Å². The second kappa shape index (κ2) is 7.46. The summed E-state index contributed by atoms with van der Waals surface area (Å²) in [6.07, 6.45) is 7.98. The lowest BCUT2D eigenvalue weighted by Crippen LogP contribution is -2.41. The number of carbonyl (C=O) groups is 1. The number of piperidine rings is 1. The zero-order chi connectivity index (χ0) is 19.8. The van der Waals surface area contributed by atoms with Gasteiger partial charge >= 0.3 is 0 Å². The van der Waals surface area contributed by atoms with E-state index in [1.807, 2.05) is 23.1 Å². The van der Waals surface area contributed by atoms with Gasteiger partial charge in [-0.2, -0.15) is 0 Å². The van der Waals surface area contributed by atoms with Crippen LogP contribution < -0.4 is 5.43 Å². The topological polar surface area (TPSA) is 83.9 Å². The van der Waals surface area contributed by atoms with Gasteiger partial charge in [0.05, 0.1) is 0 Å². The first-order chi connectivity index (χ1) is 14.2. The molecule has 7 nitrogen and oxygen atoms in total. The van der Waals surface area contributed by atoms with Crippen LogP contribution in [0.3, 0.4) is 0 Å². The number of rotatable bonds is 2. The van der Waals surface area contributed by atoms with Gasteiger partial charge in [0.2, 0.25) is 5.43 Å². The zero-order valence-corrected chi connectivity index (χ0v) is 16.4. The summed E-state index contributed by atoms with van der Waals surface area (Å²) in [6.45, 7) is 2.22. The van der Waals surface area contributed by atoms with E-state index in [1.54, 1.807) is 12.3 Å². The molecule has 1 fully saturated rings. The van der Waals surface area contributed by atoms with E-state index >= 15 is 0 Å². The van der Waals surface area contributed by atoms with Gasteiger partial charge in [0.1, 0.15) is 17.2 Å². The van der Waals surface area contributed by atoms with Gasteiger partial charge in [0, 0.05) is 49.1 Å². The van der Waals surface area contributed by atoms with Crippen molar-refractivity contribution in [2.75, 3.05) is 13.1 Å². The van der Waals surface area contributed by atoms with Crippen molar-refractivity contribution in [3.8, 4) is 0 Å². The molecule has 1 amide bonds. The van der Waals surface area contributed by atoms with Gasteiger partial charge in [-0.05, 0) is 37.8 Å². The van der Waals surface area contributed by atoms with Crippen LogP contribution in [0.2, 0.25) is 0 Å². The predicted molar refractivity (Wildman–Crippen MR) is 110 cm³/mol. The molecule has 5 rings (SSSR count). The van der Waals surface area contributed by atoms with Crippen molar-refractivity contribution in [3.05, 3.63) is 57.9 Å². The number of H-pyrrole nitrogens is 1. The van der Waals surface area contributed by atoms with Gasteiger partial charge < -0.3 is 14.5 Å². The minimum atomic E-state index is -0.206. The molecule has 0 bridgehead atoms. The third-order valence-electron chi connectivity index (χ3n) is 6.23. The third-order valence-corrected chi connectivity index (χ3v) is 6.23. The average molecular weight is 391 g/mol. The number of hydrogen-bond donors (Lipinski definition) is 1. The average Bonchev–Trinajstić information content (AvgIpc) is 3.02. The van der Waals surface area contributed by atoms with E-state index in [0.717, 1.165) is 55.8 Å². The molecule has 1 aromatic carbocycles. The Labute approximate surface area is 168 Å². The number of hydrogen-bond acceptors (Lipinski definition) is 4. The number of aromatic nitrogens is 4. The smallest absolute Gasteiger partial charge is 0.259 e. The summed E-state index contributed by atoms with van der Waals surface area (Å²) in [5.41, 5.74) is 0.754. The molecule has 1 saturated heterocycles. The predicted octanol–water partition coefficient (Wildman–Crippen LogP) is 2.87. The van der Waals surface area contributed by atoms with Crippen LogP contribution in [0.1, 0.15) is 60.0 Å². The molecule has 0 spiro atoms. The number of likely N-dealkylation sites (tertiary alicyclic amines) is 1. The fourth-order valence-corrected chi connectivity index (χ4v) is 4.68. The molecule has 150 valence electrons. The highest BCUT2D eigenvalue weighted by Gasteiger charge is 2.30. The van der Waals surface area contributed by atoms with Gasteiger partial charge in [-0.15, -0.1) is 10.2 Å². The van der Waals surface area contributed by atoms with Crippen molar-refractivity contribution in [3.63, 3.8) is 0 Å². The Morgan fingerprint density at radius 1 is 1.07 bits per heavy atom. The van der Waals surface area contributed by atoms with Crippen molar-refractivity contribution in [1.82, 2.24) is 24.6 Å². The van der Waals surface area contributed by atoms with Gasteiger partial charge in [0.15, 0.2) is 0 Å². The van der Waals surface area contributed by atoms with E-state index in [9.17, 15) is 9.59 Å². The van der Waals surface area contributed by atoms with Crippen molar-refractivity contribution >= 4 is 16.8 Å². The van der Waals surface area contributed by atoms with Gasteiger partial charge in [0.25, 0.3) is 5.91 Å². The summed E-state index contributed by atoms with van der Waals surface area (Å²) in [7, 11) is 0. The summed E-state index contributed by atoms with van der Waals surface area (Å²) >= 11 is 0. The summed E-state index contributed by atoms with van der Waals surface area (Å²) in [4.78, 5) is 30.9. The summed E-state index contributed by atoms with van der Waals surface area (Å²) in [6, 6.07) is 7.30. The Hall–Kier alpha value is -2.96. The fourth-order valence-electron chi connectivity index (χ4n) is 4.68. The van der Waals surface area contributed by atoms with Crippen molar-refractivity contribution in [2.24, 2.45) is 0 Å². The van der Waals surface area contributed by atoms with Gasteiger partial charge in [-0.3, -0.25) is 9.59 Å². The molecule has 29 heavy (non-hydrogen) atoms.